The second-order valence-corrected chi connectivity index (χ2v) is 3.97. The van der Waals surface area contributed by atoms with Gasteiger partial charge in [0, 0.05) is 19.6 Å². The molecular weight excluding hydrogens is 224 g/mol. The average Bonchev–Trinajstić information content (AvgIpc) is 2.35. The van der Waals surface area contributed by atoms with Crippen LogP contribution in [0, 0.1) is 0 Å². The Hall–Kier alpha value is -0.940. The minimum Gasteiger partial charge on any atom is -0.466 e. The lowest BCUT2D eigenvalue weighted by Crippen LogP contribution is -2.26. The summed E-state index contributed by atoms with van der Waals surface area (Å²) in [6, 6.07) is 0. The number of hydrogen-bond acceptors (Lipinski definition) is 5. The number of ketones is 1. The van der Waals surface area contributed by atoms with Crippen molar-refractivity contribution in [3.05, 3.63) is 0 Å². The topological polar surface area (TPSA) is 61.8 Å². The monoisotopic (exact) mass is 244 g/mol. The zero-order valence-corrected chi connectivity index (χ0v) is 10.3. The smallest absolute Gasteiger partial charge is 0.306 e. The first-order valence-electron chi connectivity index (χ1n) is 6.09. The number of ether oxygens (including phenoxy) is 3. The predicted octanol–water partition coefficient (Wildman–Crippen LogP) is 1.09. The summed E-state index contributed by atoms with van der Waals surface area (Å²) >= 11 is 0. The molecule has 0 radical (unpaired) electrons. The first kappa shape index (κ1) is 14.1. The van der Waals surface area contributed by atoms with Gasteiger partial charge in [-0.05, 0) is 19.8 Å². The van der Waals surface area contributed by atoms with E-state index in [0.29, 0.717) is 19.8 Å². The second-order valence-electron chi connectivity index (χ2n) is 3.97. The molecule has 0 unspecified atom stereocenters. The highest BCUT2D eigenvalue weighted by Gasteiger charge is 2.16. The molecule has 1 fully saturated rings. The van der Waals surface area contributed by atoms with Crippen molar-refractivity contribution >= 4 is 11.8 Å². The normalized spacial score (nSPS) is 16.8. The number of hydrogen-bond donors (Lipinski definition) is 0. The molecule has 1 saturated heterocycles. The Labute approximate surface area is 101 Å². The van der Waals surface area contributed by atoms with Crippen LogP contribution in [-0.2, 0) is 23.8 Å². The number of Topliss-reactive ketones (excluding diaryl/α,β-unsaturated/α-hetero) is 1. The Morgan fingerprint density at radius 1 is 1.24 bits per heavy atom. The van der Waals surface area contributed by atoms with E-state index in [4.69, 9.17) is 14.2 Å². The summed E-state index contributed by atoms with van der Waals surface area (Å²) < 4.78 is 15.4. The molecule has 98 valence electrons. The van der Waals surface area contributed by atoms with E-state index in [1.54, 1.807) is 6.92 Å². The van der Waals surface area contributed by atoms with Crippen LogP contribution in [-0.4, -0.2) is 44.3 Å². The molecule has 0 saturated carbocycles. The van der Waals surface area contributed by atoms with Gasteiger partial charge in [0.25, 0.3) is 0 Å². The highest BCUT2D eigenvalue weighted by atomic mass is 16.5. The molecule has 0 aromatic rings. The van der Waals surface area contributed by atoms with E-state index in [1.165, 1.54) is 0 Å². The fraction of sp³-hybridized carbons (Fsp3) is 0.833. The van der Waals surface area contributed by atoms with Gasteiger partial charge in [-0.3, -0.25) is 9.59 Å². The first-order chi connectivity index (χ1) is 8.22. The molecule has 17 heavy (non-hydrogen) atoms. The molecule has 0 aromatic carbocycles. The van der Waals surface area contributed by atoms with Crippen LogP contribution in [0.4, 0.5) is 0 Å². The molecule has 1 rings (SSSR count). The van der Waals surface area contributed by atoms with Gasteiger partial charge in [0.2, 0.25) is 0 Å². The number of carbonyl (C=O) groups excluding carboxylic acids is 2. The Balaban J connectivity index is 2.06. The summed E-state index contributed by atoms with van der Waals surface area (Å²) in [7, 11) is 0. The van der Waals surface area contributed by atoms with Crippen LogP contribution < -0.4 is 0 Å². The Morgan fingerprint density at radius 2 is 1.94 bits per heavy atom. The second kappa shape index (κ2) is 8.20. The maximum Gasteiger partial charge on any atom is 0.306 e. The predicted molar refractivity (Wildman–Crippen MR) is 60.7 cm³/mol. The van der Waals surface area contributed by atoms with Gasteiger partial charge in [-0.15, -0.1) is 0 Å². The Kier molecular flexibility index (Phi) is 6.81. The molecule has 1 heterocycles. The van der Waals surface area contributed by atoms with Crippen molar-refractivity contribution in [2.45, 2.75) is 38.7 Å². The van der Waals surface area contributed by atoms with E-state index >= 15 is 0 Å². The summed E-state index contributed by atoms with van der Waals surface area (Å²) in [4.78, 5) is 22.5. The molecule has 0 aromatic heterocycles. The van der Waals surface area contributed by atoms with E-state index < -0.39 is 0 Å². The molecule has 0 amide bonds. The Bertz CT molecular complexity index is 245. The quantitative estimate of drug-likeness (QED) is 0.627. The van der Waals surface area contributed by atoms with Crippen molar-refractivity contribution in [2.24, 2.45) is 0 Å². The van der Waals surface area contributed by atoms with Crippen LogP contribution in [0.2, 0.25) is 0 Å². The van der Waals surface area contributed by atoms with Crippen LogP contribution in [0.1, 0.15) is 32.6 Å². The number of carbonyl (C=O) groups is 2. The van der Waals surface area contributed by atoms with Crippen molar-refractivity contribution in [3.8, 4) is 0 Å². The van der Waals surface area contributed by atoms with E-state index in [1.807, 2.05) is 0 Å². The fourth-order valence-electron chi connectivity index (χ4n) is 1.60. The number of esters is 1. The molecule has 0 bridgehead atoms. The van der Waals surface area contributed by atoms with Gasteiger partial charge in [-0.2, -0.15) is 0 Å². The minimum absolute atomic E-state index is 0.0513. The molecule has 0 N–H and O–H groups in total. The summed E-state index contributed by atoms with van der Waals surface area (Å²) in [6.07, 6.45) is 2.14. The van der Waals surface area contributed by atoms with Crippen molar-refractivity contribution in [3.63, 3.8) is 0 Å². The summed E-state index contributed by atoms with van der Waals surface area (Å²) in [5, 5.41) is 0. The maximum atomic E-state index is 11.4. The Morgan fingerprint density at radius 3 is 2.59 bits per heavy atom. The largest absolute Gasteiger partial charge is 0.466 e. The van der Waals surface area contributed by atoms with Crippen molar-refractivity contribution in [2.75, 3.05) is 26.4 Å². The van der Waals surface area contributed by atoms with E-state index in [0.717, 1.165) is 12.8 Å². The van der Waals surface area contributed by atoms with E-state index in [9.17, 15) is 9.59 Å². The fourth-order valence-corrected chi connectivity index (χ4v) is 1.60. The molecular formula is C12H20O5. The maximum absolute atomic E-state index is 11.4. The van der Waals surface area contributed by atoms with Crippen LogP contribution >= 0.6 is 0 Å². The van der Waals surface area contributed by atoms with Gasteiger partial charge >= 0.3 is 5.97 Å². The molecule has 1 aliphatic heterocycles. The van der Waals surface area contributed by atoms with Crippen molar-refractivity contribution < 1.29 is 23.8 Å². The zero-order chi connectivity index (χ0) is 12.5. The average molecular weight is 244 g/mol. The lowest BCUT2D eigenvalue weighted by molar-refractivity contribution is -0.145. The van der Waals surface area contributed by atoms with Gasteiger partial charge in [0.15, 0.2) is 5.78 Å². The van der Waals surface area contributed by atoms with Crippen molar-refractivity contribution in [1.82, 2.24) is 0 Å². The minimum atomic E-state index is -0.327. The molecule has 0 aliphatic carbocycles. The van der Waals surface area contributed by atoms with Crippen LogP contribution in [0.25, 0.3) is 0 Å². The van der Waals surface area contributed by atoms with E-state index in [-0.39, 0.29) is 37.3 Å². The molecule has 5 heteroatoms. The summed E-state index contributed by atoms with van der Waals surface area (Å²) in [5.41, 5.74) is 0. The third kappa shape index (κ3) is 6.38. The van der Waals surface area contributed by atoms with E-state index in [2.05, 4.69) is 0 Å². The standard InChI is InChI=1S/C12H20O5/c1-2-16-12(14)4-3-10(13)9-17-11-5-7-15-8-6-11/h11H,2-9H2,1H3. The van der Waals surface area contributed by atoms with Gasteiger partial charge < -0.3 is 14.2 Å². The zero-order valence-electron chi connectivity index (χ0n) is 10.3. The van der Waals surface area contributed by atoms with Gasteiger partial charge in [-0.1, -0.05) is 0 Å². The van der Waals surface area contributed by atoms with Crippen LogP contribution in [0.3, 0.4) is 0 Å². The lowest BCUT2D eigenvalue weighted by atomic mass is 10.1. The van der Waals surface area contributed by atoms with Crippen LogP contribution in [0.15, 0.2) is 0 Å². The molecule has 5 nitrogen and oxygen atoms in total. The summed E-state index contributed by atoms with van der Waals surface area (Å²) in [5.74, 6) is -0.378. The van der Waals surface area contributed by atoms with Gasteiger partial charge in [-0.25, -0.2) is 0 Å². The van der Waals surface area contributed by atoms with Gasteiger partial charge in [0.1, 0.15) is 6.61 Å². The molecule has 0 atom stereocenters. The third-order valence-electron chi connectivity index (χ3n) is 2.56. The highest BCUT2D eigenvalue weighted by molar-refractivity contribution is 5.83. The lowest BCUT2D eigenvalue weighted by Gasteiger charge is -2.21. The SMILES string of the molecule is CCOC(=O)CCC(=O)COC1CCOCC1. The van der Waals surface area contributed by atoms with Crippen LogP contribution in [0.5, 0.6) is 0 Å². The highest BCUT2D eigenvalue weighted by Crippen LogP contribution is 2.10. The van der Waals surface area contributed by atoms with Gasteiger partial charge in [0.05, 0.1) is 19.1 Å². The number of rotatable bonds is 7. The molecule has 0 spiro atoms. The molecule has 1 aliphatic rings. The third-order valence-corrected chi connectivity index (χ3v) is 2.56. The first-order valence-corrected chi connectivity index (χ1v) is 6.09. The summed E-state index contributed by atoms with van der Waals surface area (Å²) in [6.45, 7) is 3.58. The van der Waals surface area contributed by atoms with Crippen molar-refractivity contribution in [1.29, 1.82) is 0 Å².